The van der Waals surface area contributed by atoms with Crippen molar-refractivity contribution in [1.29, 1.82) is 0 Å². The SMILES string of the molecule is Cc1csc(NC(=O)C2CCN(C(=O)C(C)Oc3ccc(F)cc3Br)CC2)n1. The molecule has 1 atom stereocenters. The average Bonchev–Trinajstić information content (AvgIpc) is 3.08. The van der Waals surface area contributed by atoms with Crippen molar-refractivity contribution < 1.29 is 18.7 Å². The first-order valence-electron chi connectivity index (χ1n) is 8.97. The lowest BCUT2D eigenvalue weighted by atomic mass is 9.95. The standard InChI is InChI=1S/C19H21BrFN3O3S/c1-11-10-28-19(22-11)23-17(25)13-5-7-24(8-6-13)18(26)12(2)27-16-4-3-14(21)9-15(16)20/h3-4,9-10,12-13H,5-8H2,1-2H3,(H,22,23,25). The van der Waals surface area contributed by atoms with E-state index in [0.29, 0.717) is 41.3 Å². The van der Waals surface area contributed by atoms with Gasteiger partial charge in [-0.2, -0.15) is 0 Å². The first-order valence-corrected chi connectivity index (χ1v) is 10.6. The van der Waals surface area contributed by atoms with E-state index >= 15 is 0 Å². The van der Waals surface area contributed by atoms with E-state index in [1.54, 1.807) is 11.8 Å². The Morgan fingerprint density at radius 1 is 1.39 bits per heavy atom. The number of aromatic nitrogens is 1. The number of nitrogens with one attached hydrogen (secondary N) is 1. The summed E-state index contributed by atoms with van der Waals surface area (Å²) in [6.45, 7) is 4.53. The molecule has 6 nitrogen and oxygen atoms in total. The van der Waals surface area contributed by atoms with Gasteiger partial charge in [-0.05, 0) is 60.8 Å². The molecule has 0 aliphatic carbocycles. The molecular weight excluding hydrogens is 449 g/mol. The molecule has 1 aromatic heterocycles. The van der Waals surface area contributed by atoms with Crippen LogP contribution in [0.4, 0.5) is 9.52 Å². The molecule has 2 heterocycles. The highest BCUT2D eigenvalue weighted by Gasteiger charge is 2.30. The molecule has 1 aliphatic rings. The van der Waals surface area contributed by atoms with Gasteiger partial charge in [0.25, 0.3) is 5.91 Å². The Labute approximate surface area is 175 Å². The third-order valence-corrected chi connectivity index (χ3v) is 6.07. The molecular formula is C19H21BrFN3O3S. The summed E-state index contributed by atoms with van der Waals surface area (Å²) in [6, 6.07) is 4.06. The quantitative estimate of drug-likeness (QED) is 0.718. The highest BCUT2D eigenvalue weighted by Crippen LogP contribution is 2.27. The number of piperidine rings is 1. The number of hydrogen-bond donors (Lipinski definition) is 1. The monoisotopic (exact) mass is 469 g/mol. The molecule has 1 saturated heterocycles. The molecule has 1 unspecified atom stereocenters. The van der Waals surface area contributed by atoms with E-state index in [0.717, 1.165) is 5.69 Å². The van der Waals surface area contributed by atoms with E-state index in [-0.39, 0.29) is 23.5 Å². The Hall–Kier alpha value is -2.00. The number of amides is 2. The molecule has 9 heteroatoms. The Morgan fingerprint density at radius 2 is 2.11 bits per heavy atom. The van der Waals surface area contributed by atoms with E-state index in [2.05, 4.69) is 26.2 Å². The molecule has 0 saturated carbocycles. The number of nitrogens with zero attached hydrogens (tertiary/aromatic N) is 2. The number of benzene rings is 1. The smallest absolute Gasteiger partial charge is 0.263 e. The topological polar surface area (TPSA) is 71.5 Å². The summed E-state index contributed by atoms with van der Waals surface area (Å²) < 4.78 is 19.3. The number of ether oxygens (including phenoxy) is 1. The molecule has 150 valence electrons. The lowest BCUT2D eigenvalue weighted by Crippen LogP contribution is -2.46. The normalized spacial score (nSPS) is 15.9. The van der Waals surface area contributed by atoms with Crippen LogP contribution in [0.5, 0.6) is 5.75 Å². The summed E-state index contributed by atoms with van der Waals surface area (Å²) in [6.07, 6.45) is 0.481. The van der Waals surface area contributed by atoms with Crippen LogP contribution in [0.1, 0.15) is 25.5 Å². The molecule has 1 aromatic carbocycles. The van der Waals surface area contributed by atoms with E-state index in [1.165, 1.54) is 29.5 Å². The predicted octanol–water partition coefficient (Wildman–Crippen LogP) is 4.00. The van der Waals surface area contributed by atoms with Gasteiger partial charge in [-0.25, -0.2) is 9.37 Å². The molecule has 0 bridgehead atoms. The Kier molecular flexibility index (Phi) is 6.66. The number of carbonyl (C=O) groups excluding carboxylic acids is 2. The first kappa shape index (κ1) is 20.7. The summed E-state index contributed by atoms with van der Waals surface area (Å²) in [5, 5.41) is 5.34. The predicted molar refractivity (Wildman–Crippen MR) is 109 cm³/mol. The Morgan fingerprint density at radius 3 is 2.71 bits per heavy atom. The van der Waals surface area contributed by atoms with Gasteiger partial charge < -0.3 is 15.0 Å². The fraction of sp³-hybridized carbons (Fsp3) is 0.421. The fourth-order valence-electron chi connectivity index (χ4n) is 3.05. The zero-order valence-electron chi connectivity index (χ0n) is 15.6. The van der Waals surface area contributed by atoms with Crippen molar-refractivity contribution >= 4 is 44.2 Å². The minimum absolute atomic E-state index is 0.0546. The van der Waals surface area contributed by atoms with E-state index < -0.39 is 6.10 Å². The van der Waals surface area contributed by atoms with Gasteiger partial charge >= 0.3 is 0 Å². The first-order chi connectivity index (χ1) is 13.3. The summed E-state index contributed by atoms with van der Waals surface area (Å²) in [5.41, 5.74) is 0.877. The largest absolute Gasteiger partial charge is 0.480 e. The van der Waals surface area contributed by atoms with Crippen molar-refractivity contribution in [3.63, 3.8) is 0 Å². The van der Waals surface area contributed by atoms with Crippen LogP contribution in [0.15, 0.2) is 28.1 Å². The van der Waals surface area contributed by atoms with Crippen molar-refractivity contribution in [2.75, 3.05) is 18.4 Å². The number of rotatable bonds is 5. The van der Waals surface area contributed by atoms with Crippen LogP contribution in [0.3, 0.4) is 0 Å². The van der Waals surface area contributed by atoms with Gasteiger partial charge in [-0.1, -0.05) is 0 Å². The van der Waals surface area contributed by atoms with Crippen LogP contribution in [0, 0.1) is 18.7 Å². The third kappa shape index (κ3) is 5.08. The van der Waals surface area contributed by atoms with Gasteiger partial charge in [-0.15, -0.1) is 11.3 Å². The van der Waals surface area contributed by atoms with Gasteiger partial charge in [0, 0.05) is 24.4 Å². The molecule has 0 radical (unpaired) electrons. The van der Waals surface area contributed by atoms with Crippen LogP contribution in [0.25, 0.3) is 0 Å². The zero-order chi connectivity index (χ0) is 20.3. The molecule has 2 aromatic rings. The second-order valence-electron chi connectivity index (χ2n) is 6.72. The summed E-state index contributed by atoms with van der Waals surface area (Å²) in [7, 11) is 0. The number of carbonyl (C=O) groups is 2. The van der Waals surface area contributed by atoms with Crippen molar-refractivity contribution in [3.8, 4) is 5.75 Å². The summed E-state index contributed by atoms with van der Waals surface area (Å²) >= 11 is 4.64. The van der Waals surface area contributed by atoms with Crippen LogP contribution < -0.4 is 10.1 Å². The van der Waals surface area contributed by atoms with Crippen molar-refractivity contribution in [1.82, 2.24) is 9.88 Å². The van der Waals surface area contributed by atoms with Crippen molar-refractivity contribution in [2.45, 2.75) is 32.8 Å². The summed E-state index contributed by atoms with van der Waals surface area (Å²) in [4.78, 5) is 31.0. The Bertz CT molecular complexity index is 868. The number of likely N-dealkylation sites (tertiary alicyclic amines) is 1. The van der Waals surface area contributed by atoms with E-state index in [4.69, 9.17) is 4.74 Å². The highest BCUT2D eigenvalue weighted by atomic mass is 79.9. The number of anilines is 1. The number of hydrogen-bond acceptors (Lipinski definition) is 5. The van der Waals surface area contributed by atoms with Crippen molar-refractivity contribution in [2.24, 2.45) is 5.92 Å². The second-order valence-corrected chi connectivity index (χ2v) is 8.43. The molecule has 1 aliphatic heterocycles. The minimum Gasteiger partial charge on any atom is -0.480 e. The molecule has 3 rings (SSSR count). The van der Waals surface area contributed by atoms with E-state index in [1.807, 2.05) is 12.3 Å². The van der Waals surface area contributed by atoms with Gasteiger partial charge in [0.2, 0.25) is 5.91 Å². The van der Waals surface area contributed by atoms with Crippen LogP contribution in [-0.2, 0) is 9.59 Å². The minimum atomic E-state index is -0.703. The van der Waals surface area contributed by atoms with Gasteiger partial charge in [0.15, 0.2) is 11.2 Å². The van der Waals surface area contributed by atoms with Crippen molar-refractivity contribution in [3.05, 3.63) is 39.6 Å². The van der Waals surface area contributed by atoms with Crippen LogP contribution in [-0.4, -0.2) is 40.9 Å². The zero-order valence-corrected chi connectivity index (χ0v) is 18.0. The molecule has 0 spiro atoms. The van der Waals surface area contributed by atoms with E-state index in [9.17, 15) is 14.0 Å². The second kappa shape index (κ2) is 9.00. The molecule has 1 fully saturated rings. The van der Waals surface area contributed by atoms with Crippen LogP contribution >= 0.6 is 27.3 Å². The number of thiazole rings is 1. The lowest BCUT2D eigenvalue weighted by Gasteiger charge is -2.32. The lowest BCUT2D eigenvalue weighted by molar-refractivity contribution is -0.140. The molecule has 2 amide bonds. The van der Waals surface area contributed by atoms with Crippen LogP contribution in [0.2, 0.25) is 0 Å². The fourth-order valence-corrected chi connectivity index (χ4v) is 4.19. The average molecular weight is 470 g/mol. The summed E-state index contributed by atoms with van der Waals surface area (Å²) in [5.74, 6) is -0.316. The third-order valence-electron chi connectivity index (χ3n) is 4.57. The van der Waals surface area contributed by atoms with Gasteiger partial charge in [0.1, 0.15) is 11.6 Å². The maximum atomic E-state index is 13.2. The number of halogens is 2. The van der Waals surface area contributed by atoms with Gasteiger partial charge in [0.05, 0.1) is 10.2 Å². The number of aryl methyl sites for hydroxylation is 1. The van der Waals surface area contributed by atoms with Gasteiger partial charge in [-0.3, -0.25) is 9.59 Å². The Balaban J connectivity index is 1.50. The molecule has 1 N–H and O–H groups in total. The highest BCUT2D eigenvalue weighted by molar-refractivity contribution is 9.10. The molecule has 28 heavy (non-hydrogen) atoms. The maximum Gasteiger partial charge on any atom is 0.263 e. The maximum absolute atomic E-state index is 13.2.